The number of hydrogen-bond donors (Lipinski definition) is 1. The Kier molecular flexibility index (Phi) is 5.09. The first-order valence-corrected chi connectivity index (χ1v) is 9.40. The topological polar surface area (TPSA) is 32.3 Å². The number of nitrogens with zero attached hydrogens (tertiary/aromatic N) is 1. The lowest BCUT2D eigenvalue weighted by atomic mass is 10.0. The second-order valence-electron chi connectivity index (χ2n) is 6.67. The molecule has 0 radical (unpaired) electrons. The molecule has 2 atom stereocenters. The molecule has 2 aliphatic rings. The molecular weight excluding hydrogens is 292 g/mol. The molecule has 2 aliphatic heterocycles. The fourth-order valence-corrected chi connectivity index (χ4v) is 4.53. The summed E-state index contributed by atoms with van der Waals surface area (Å²) in [6.07, 6.45) is 3.52. The number of amides is 1. The van der Waals surface area contributed by atoms with Crippen LogP contribution in [-0.2, 0) is 4.79 Å². The Labute approximate surface area is 137 Å². The molecule has 22 heavy (non-hydrogen) atoms. The molecule has 3 rings (SSSR count). The lowest BCUT2D eigenvalue weighted by molar-refractivity contribution is -0.133. The highest BCUT2D eigenvalue weighted by atomic mass is 32.2. The van der Waals surface area contributed by atoms with Crippen molar-refractivity contribution in [2.75, 3.05) is 18.8 Å². The number of rotatable bonds is 3. The third-order valence-electron chi connectivity index (χ3n) is 4.62. The van der Waals surface area contributed by atoms with Crippen LogP contribution in [0.15, 0.2) is 29.2 Å². The van der Waals surface area contributed by atoms with Gasteiger partial charge in [0, 0.05) is 36.0 Å². The maximum absolute atomic E-state index is 12.1. The fourth-order valence-electron chi connectivity index (χ4n) is 3.44. The second-order valence-corrected chi connectivity index (χ2v) is 7.81. The summed E-state index contributed by atoms with van der Waals surface area (Å²) < 4.78 is 0. The van der Waals surface area contributed by atoms with E-state index in [0.29, 0.717) is 18.0 Å². The highest BCUT2D eigenvalue weighted by molar-refractivity contribution is 7.99. The van der Waals surface area contributed by atoms with Gasteiger partial charge >= 0.3 is 0 Å². The smallest absolute Gasteiger partial charge is 0.225 e. The number of nitrogens with one attached hydrogen (secondary N) is 1. The van der Waals surface area contributed by atoms with Crippen molar-refractivity contribution in [3.8, 4) is 0 Å². The van der Waals surface area contributed by atoms with Gasteiger partial charge in [0.05, 0.1) is 0 Å². The molecular formula is C18H26N2OS. The van der Waals surface area contributed by atoms with E-state index in [4.69, 9.17) is 0 Å². The van der Waals surface area contributed by atoms with Gasteiger partial charge in [0.2, 0.25) is 5.91 Å². The van der Waals surface area contributed by atoms with E-state index in [-0.39, 0.29) is 5.92 Å². The molecule has 0 saturated carbocycles. The minimum Gasteiger partial charge on any atom is -0.341 e. The van der Waals surface area contributed by atoms with E-state index < -0.39 is 0 Å². The van der Waals surface area contributed by atoms with Gasteiger partial charge in [0.15, 0.2) is 0 Å². The van der Waals surface area contributed by atoms with Crippen molar-refractivity contribution in [2.24, 2.45) is 5.92 Å². The molecule has 3 nitrogen and oxygen atoms in total. The van der Waals surface area contributed by atoms with E-state index in [1.54, 1.807) is 0 Å². The van der Waals surface area contributed by atoms with Crippen molar-refractivity contribution in [3.63, 3.8) is 0 Å². The second kappa shape index (κ2) is 7.05. The predicted octanol–water partition coefficient (Wildman–Crippen LogP) is 3.46. The quantitative estimate of drug-likeness (QED) is 0.926. The molecule has 0 unspecified atom stereocenters. The average molecular weight is 318 g/mol. The summed E-state index contributed by atoms with van der Waals surface area (Å²) in [4.78, 5) is 15.6. The van der Waals surface area contributed by atoms with Crippen molar-refractivity contribution in [1.82, 2.24) is 10.2 Å². The van der Waals surface area contributed by atoms with E-state index in [1.807, 2.05) is 30.5 Å². The van der Waals surface area contributed by atoms with Crippen molar-refractivity contribution >= 4 is 17.7 Å². The highest BCUT2D eigenvalue weighted by Crippen LogP contribution is 2.35. The first kappa shape index (κ1) is 15.9. The van der Waals surface area contributed by atoms with E-state index in [0.717, 1.165) is 19.5 Å². The van der Waals surface area contributed by atoms with Gasteiger partial charge in [-0.2, -0.15) is 0 Å². The molecule has 1 aromatic rings. The van der Waals surface area contributed by atoms with Crippen LogP contribution < -0.4 is 5.32 Å². The van der Waals surface area contributed by atoms with Crippen LogP contribution in [0.3, 0.4) is 0 Å². The third-order valence-corrected chi connectivity index (χ3v) is 5.80. The van der Waals surface area contributed by atoms with Crippen LogP contribution in [-0.4, -0.2) is 35.7 Å². The van der Waals surface area contributed by atoms with E-state index in [1.165, 1.54) is 29.1 Å². The first-order valence-electron chi connectivity index (χ1n) is 8.41. The summed E-state index contributed by atoms with van der Waals surface area (Å²) in [5.41, 5.74) is 1.44. The van der Waals surface area contributed by atoms with Gasteiger partial charge in [0.1, 0.15) is 0 Å². The zero-order valence-corrected chi connectivity index (χ0v) is 14.4. The van der Waals surface area contributed by atoms with Crippen LogP contribution in [0.2, 0.25) is 0 Å². The van der Waals surface area contributed by atoms with Gasteiger partial charge in [-0.3, -0.25) is 4.79 Å². The third kappa shape index (κ3) is 3.49. The highest BCUT2D eigenvalue weighted by Gasteiger charge is 2.30. The summed E-state index contributed by atoms with van der Waals surface area (Å²) in [5.74, 6) is 1.60. The normalized spacial score (nSPS) is 25.1. The number of hydrogen-bond acceptors (Lipinski definition) is 3. The maximum Gasteiger partial charge on any atom is 0.225 e. The molecule has 0 bridgehead atoms. The molecule has 1 fully saturated rings. The Morgan fingerprint density at radius 1 is 1.32 bits per heavy atom. The fraction of sp³-hybridized carbons (Fsp3) is 0.611. The van der Waals surface area contributed by atoms with Crippen LogP contribution in [0.25, 0.3) is 0 Å². The average Bonchev–Trinajstić information content (AvgIpc) is 2.88. The molecule has 0 spiro atoms. The Bertz CT molecular complexity index is 532. The largest absolute Gasteiger partial charge is 0.341 e. The van der Waals surface area contributed by atoms with E-state index in [9.17, 15) is 4.79 Å². The van der Waals surface area contributed by atoms with Gasteiger partial charge in [-0.1, -0.05) is 32.0 Å². The molecule has 4 heteroatoms. The number of likely N-dealkylation sites (tertiary alicyclic amines) is 1. The van der Waals surface area contributed by atoms with Gasteiger partial charge < -0.3 is 10.2 Å². The summed E-state index contributed by atoms with van der Waals surface area (Å²) >= 11 is 1.98. The van der Waals surface area contributed by atoms with Gasteiger partial charge in [-0.05, 0) is 36.6 Å². The molecule has 1 saturated heterocycles. The summed E-state index contributed by atoms with van der Waals surface area (Å²) in [6.45, 7) is 5.74. The van der Waals surface area contributed by atoms with Gasteiger partial charge in [-0.15, -0.1) is 11.8 Å². The molecule has 0 aromatic heterocycles. The van der Waals surface area contributed by atoms with Crippen LogP contribution in [0.4, 0.5) is 0 Å². The standard InChI is InChI=1S/C18H26N2OS/c1-13(2)18(21)20-10-9-14(12-20)19-16-7-5-11-22-17-8-4-3-6-15(16)17/h3-4,6,8,13-14,16,19H,5,7,9-12H2,1-2H3/t14-,16+/m0/s1. The predicted molar refractivity (Wildman–Crippen MR) is 92.1 cm³/mol. The lowest BCUT2D eigenvalue weighted by Gasteiger charge is -2.24. The maximum atomic E-state index is 12.1. The molecule has 120 valence electrons. The van der Waals surface area contributed by atoms with Crippen molar-refractivity contribution in [1.29, 1.82) is 0 Å². The summed E-state index contributed by atoms with van der Waals surface area (Å²) in [7, 11) is 0. The van der Waals surface area contributed by atoms with Crippen molar-refractivity contribution in [3.05, 3.63) is 29.8 Å². The lowest BCUT2D eigenvalue weighted by Crippen LogP contribution is -2.38. The number of thioether (sulfide) groups is 1. The van der Waals surface area contributed by atoms with Crippen molar-refractivity contribution < 1.29 is 4.79 Å². The van der Waals surface area contributed by atoms with Gasteiger partial charge in [-0.25, -0.2) is 0 Å². The SMILES string of the molecule is CC(C)C(=O)N1CC[C@H](N[C@@H]2CCCSc3ccccc32)C1. The van der Waals surface area contributed by atoms with Gasteiger partial charge in [0.25, 0.3) is 0 Å². The number of carbonyl (C=O) groups is 1. The van der Waals surface area contributed by atoms with Crippen LogP contribution in [0.5, 0.6) is 0 Å². The minimum atomic E-state index is 0.105. The Balaban J connectivity index is 1.65. The Morgan fingerprint density at radius 3 is 2.95 bits per heavy atom. The summed E-state index contributed by atoms with van der Waals surface area (Å²) in [6, 6.07) is 9.64. The van der Waals surface area contributed by atoms with E-state index >= 15 is 0 Å². The van der Waals surface area contributed by atoms with Crippen molar-refractivity contribution in [2.45, 2.75) is 50.1 Å². The molecule has 2 heterocycles. The minimum absolute atomic E-state index is 0.105. The zero-order valence-electron chi connectivity index (χ0n) is 13.5. The number of carbonyl (C=O) groups excluding carboxylic acids is 1. The van der Waals surface area contributed by atoms with Crippen LogP contribution >= 0.6 is 11.8 Å². The Morgan fingerprint density at radius 2 is 2.14 bits per heavy atom. The molecule has 1 N–H and O–H groups in total. The van der Waals surface area contributed by atoms with Crippen LogP contribution in [0.1, 0.15) is 44.7 Å². The molecule has 1 amide bonds. The number of benzene rings is 1. The number of fused-ring (bicyclic) bond motifs is 1. The summed E-state index contributed by atoms with van der Waals surface area (Å²) in [5, 5.41) is 3.83. The molecule has 0 aliphatic carbocycles. The zero-order chi connectivity index (χ0) is 15.5. The molecule has 1 aromatic carbocycles. The Hall–Kier alpha value is -1.00. The van der Waals surface area contributed by atoms with Crippen LogP contribution in [0, 0.1) is 5.92 Å². The van der Waals surface area contributed by atoms with E-state index in [2.05, 4.69) is 29.6 Å². The monoisotopic (exact) mass is 318 g/mol. The first-order chi connectivity index (χ1) is 10.6.